The van der Waals surface area contributed by atoms with E-state index in [0.717, 1.165) is 5.56 Å². The van der Waals surface area contributed by atoms with Crippen molar-refractivity contribution in [1.82, 2.24) is 4.98 Å². The monoisotopic (exact) mass is 434 g/mol. The van der Waals surface area contributed by atoms with Crippen LogP contribution in [0.25, 0.3) is 5.76 Å². The minimum absolute atomic E-state index is 0.0280. The van der Waals surface area contributed by atoms with E-state index in [1.54, 1.807) is 48.8 Å². The Balaban J connectivity index is 1.92. The first-order valence-corrected chi connectivity index (χ1v) is 9.91. The molecule has 1 unspecified atom stereocenters. The number of Topliss-reactive ketones (excluding diaryl/α,β-unsaturated/α-hetero) is 1. The first-order chi connectivity index (χ1) is 14.9. The predicted octanol–water partition coefficient (Wildman–Crippen LogP) is 4.68. The van der Waals surface area contributed by atoms with E-state index in [1.807, 2.05) is 19.1 Å². The molecule has 0 bridgehead atoms. The van der Waals surface area contributed by atoms with Gasteiger partial charge in [0.15, 0.2) is 0 Å². The number of ether oxygens (including phenoxy) is 1. The van der Waals surface area contributed by atoms with Crippen LogP contribution in [0.2, 0.25) is 5.02 Å². The molecule has 6 nitrogen and oxygen atoms in total. The number of pyridine rings is 1. The number of rotatable bonds is 4. The van der Waals surface area contributed by atoms with Crippen LogP contribution in [0.5, 0.6) is 5.75 Å². The Hall–Kier alpha value is -3.64. The van der Waals surface area contributed by atoms with Gasteiger partial charge in [-0.2, -0.15) is 0 Å². The summed E-state index contributed by atoms with van der Waals surface area (Å²) in [5.74, 6) is -1.38. The average molecular weight is 435 g/mol. The number of hydrogen-bond acceptors (Lipinski definition) is 5. The summed E-state index contributed by atoms with van der Waals surface area (Å²) in [4.78, 5) is 31.6. The van der Waals surface area contributed by atoms with Gasteiger partial charge in [-0.3, -0.25) is 19.5 Å². The highest BCUT2D eigenvalue weighted by molar-refractivity contribution is 6.51. The third kappa shape index (κ3) is 3.66. The van der Waals surface area contributed by atoms with Crippen LogP contribution in [0.15, 0.2) is 72.6 Å². The summed E-state index contributed by atoms with van der Waals surface area (Å²) in [6.07, 6.45) is 3.18. The first kappa shape index (κ1) is 20.6. The highest BCUT2D eigenvalue weighted by Gasteiger charge is 2.47. The van der Waals surface area contributed by atoms with Crippen LogP contribution < -0.4 is 9.64 Å². The molecule has 1 N–H and O–H groups in total. The molecule has 1 aliphatic rings. The van der Waals surface area contributed by atoms with Gasteiger partial charge in [-0.25, -0.2) is 0 Å². The molecule has 0 spiro atoms. The van der Waals surface area contributed by atoms with Gasteiger partial charge in [0.1, 0.15) is 11.5 Å². The Kier molecular flexibility index (Phi) is 5.48. The summed E-state index contributed by atoms with van der Waals surface area (Å²) in [6.45, 7) is 1.93. The van der Waals surface area contributed by atoms with Crippen molar-refractivity contribution >= 4 is 34.7 Å². The zero-order valence-electron chi connectivity index (χ0n) is 16.9. The molecular weight excluding hydrogens is 416 g/mol. The van der Waals surface area contributed by atoms with Gasteiger partial charge in [0, 0.05) is 23.6 Å². The Bertz CT molecular complexity index is 1190. The van der Waals surface area contributed by atoms with E-state index in [1.165, 1.54) is 18.1 Å². The molecule has 1 saturated heterocycles. The summed E-state index contributed by atoms with van der Waals surface area (Å²) < 4.78 is 5.15. The quantitative estimate of drug-likeness (QED) is 0.366. The van der Waals surface area contributed by atoms with E-state index >= 15 is 0 Å². The van der Waals surface area contributed by atoms with Gasteiger partial charge in [0.25, 0.3) is 11.7 Å². The molecule has 7 heteroatoms. The molecule has 31 heavy (non-hydrogen) atoms. The summed E-state index contributed by atoms with van der Waals surface area (Å²) >= 11 is 6.21. The average Bonchev–Trinajstić information content (AvgIpc) is 3.05. The third-order valence-corrected chi connectivity index (χ3v) is 5.48. The highest BCUT2D eigenvalue weighted by atomic mass is 35.5. The zero-order valence-corrected chi connectivity index (χ0v) is 17.6. The van der Waals surface area contributed by atoms with Crippen LogP contribution in [-0.2, 0) is 9.59 Å². The molecule has 0 saturated carbocycles. The van der Waals surface area contributed by atoms with Gasteiger partial charge >= 0.3 is 0 Å². The molecular formula is C24H19ClN2O4. The number of aliphatic hydroxyl groups excluding tert-OH is 1. The molecule has 1 aromatic heterocycles. The summed E-state index contributed by atoms with van der Waals surface area (Å²) in [5, 5.41) is 11.4. The number of halogens is 1. The Morgan fingerprint density at radius 2 is 1.87 bits per heavy atom. The Labute approximate surface area is 184 Å². The largest absolute Gasteiger partial charge is 0.507 e. The van der Waals surface area contributed by atoms with Crippen LogP contribution in [0.1, 0.15) is 22.7 Å². The lowest BCUT2D eigenvalue weighted by Gasteiger charge is -2.25. The highest BCUT2D eigenvalue weighted by Crippen LogP contribution is 2.42. The van der Waals surface area contributed by atoms with Crippen LogP contribution in [0, 0.1) is 6.92 Å². The summed E-state index contributed by atoms with van der Waals surface area (Å²) in [6, 6.07) is 14.6. The summed E-state index contributed by atoms with van der Waals surface area (Å²) in [5.41, 5.74) is 2.45. The first-order valence-electron chi connectivity index (χ1n) is 9.54. The maximum Gasteiger partial charge on any atom is 0.300 e. The number of carbonyl (C=O) groups is 2. The van der Waals surface area contributed by atoms with Crippen molar-refractivity contribution in [2.75, 3.05) is 12.0 Å². The van der Waals surface area contributed by atoms with Crippen LogP contribution in [0.3, 0.4) is 0 Å². The van der Waals surface area contributed by atoms with Gasteiger partial charge < -0.3 is 9.84 Å². The van der Waals surface area contributed by atoms with E-state index < -0.39 is 17.7 Å². The van der Waals surface area contributed by atoms with Crippen molar-refractivity contribution in [3.63, 3.8) is 0 Å². The fourth-order valence-electron chi connectivity index (χ4n) is 3.63. The normalized spacial score (nSPS) is 17.8. The standard InChI is InChI=1S/C24H19ClN2O4/c1-14-5-8-17(9-6-14)27-21(16-4-3-11-26-13-16)20(23(29)24(27)30)22(28)15-7-10-19(31-2)18(25)12-15/h3-13,21,28H,1-2H3/b22-20-. The third-order valence-electron chi connectivity index (χ3n) is 5.18. The van der Waals surface area contributed by atoms with Crippen molar-refractivity contribution in [1.29, 1.82) is 0 Å². The van der Waals surface area contributed by atoms with Crippen molar-refractivity contribution < 1.29 is 19.4 Å². The van der Waals surface area contributed by atoms with Gasteiger partial charge in [0.2, 0.25) is 0 Å². The number of aromatic nitrogens is 1. The van der Waals surface area contributed by atoms with Crippen molar-refractivity contribution in [2.24, 2.45) is 0 Å². The molecule has 1 aliphatic heterocycles. The van der Waals surface area contributed by atoms with Crippen LogP contribution in [-0.4, -0.2) is 28.9 Å². The topological polar surface area (TPSA) is 79.7 Å². The van der Waals surface area contributed by atoms with Crippen LogP contribution in [0.4, 0.5) is 5.69 Å². The van der Waals surface area contributed by atoms with Crippen molar-refractivity contribution in [3.05, 3.63) is 94.3 Å². The molecule has 0 aliphatic carbocycles. The number of hydrogen-bond donors (Lipinski definition) is 1. The van der Waals surface area contributed by atoms with E-state index in [0.29, 0.717) is 22.6 Å². The van der Waals surface area contributed by atoms with Gasteiger partial charge in [-0.05, 0) is 48.9 Å². The fraction of sp³-hybridized carbons (Fsp3) is 0.125. The lowest BCUT2D eigenvalue weighted by atomic mass is 9.96. The predicted molar refractivity (Wildman–Crippen MR) is 118 cm³/mol. The lowest BCUT2D eigenvalue weighted by molar-refractivity contribution is -0.132. The van der Waals surface area contributed by atoms with Crippen molar-refractivity contribution in [3.8, 4) is 5.75 Å². The smallest absolute Gasteiger partial charge is 0.300 e. The SMILES string of the molecule is COc1ccc(/C(O)=C2/C(=O)C(=O)N(c3ccc(C)cc3)C2c2cccnc2)cc1Cl. The molecule has 1 atom stereocenters. The van der Waals surface area contributed by atoms with Crippen molar-refractivity contribution in [2.45, 2.75) is 13.0 Å². The molecule has 0 radical (unpaired) electrons. The molecule has 1 amide bonds. The minimum atomic E-state index is -0.836. The second-order valence-electron chi connectivity index (χ2n) is 7.14. The van der Waals surface area contributed by atoms with E-state index in [2.05, 4.69) is 4.98 Å². The van der Waals surface area contributed by atoms with Gasteiger partial charge in [0.05, 0.1) is 23.7 Å². The lowest BCUT2D eigenvalue weighted by Crippen LogP contribution is -2.29. The second-order valence-corrected chi connectivity index (χ2v) is 7.55. The second kappa shape index (κ2) is 8.24. The van der Waals surface area contributed by atoms with Gasteiger partial charge in [-0.15, -0.1) is 0 Å². The number of ketones is 1. The Morgan fingerprint density at radius 3 is 2.48 bits per heavy atom. The molecule has 2 aromatic carbocycles. The maximum atomic E-state index is 13.1. The minimum Gasteiger partial charge on any atom is -0.507 e. The van der Waals surface area contributed by atoms with E-state index in [-0.39, 0.29) is 16.4 Å². The molecule has 156 valence electrons. The Morgan fingerprint density at radius 1 is 1.13 bits per heavy atom. The zero-order chi connectivity index (χ0) is 22.1. The number of nitrogens with zero attached hydrogens (tertiary/aromatic N) is 2. The number of anilines is 1. The summed E-state index contributed by atoms with van der Waals surface area (Å²) in [7, 11) is 1.48. The molecule has 1 fully saturated rings. The maximum absolute atomic E-state index is 13.1. The number of aliphatic hydroxyl groups is 1. The number of aryl methyl sites for hydroxylation is 1. The molecule has 3 aromatic rings. The number of amides is 1. The number of methoxy groups -OCH3 is 1. The number of benzene rings is 2. The molecule has 2 heterocycles. The molecule has 4 rings (SSSR count). The van der Waals surface area contributed by atoms with E-state index in [4.69, 9.17) is 16.3 Å². The fourth-order valence-corrected chi connectivity index (χ4v) is 3.88. The number of carbonyl (C=O) groups excluding carboxylic acids is 2. The van der Waals surface area contributed by atoms with E-state index in [9.17, 15) is 14.7 Å². The van der Waals surface area contributed by atoms with Crippen LogP contribution >= 0.6 is 11.6 Å². The van der Waals surface area contributed by atoms with Gasteiger partial charge in [-0.1, -0.05) is 35.4 Å².